The van der Waals surface area contributed by atoms with Crippen LogP contribution >= 0.6 is 11.8 Å². The minimum atomic E-state index is 0.383. The van der Waals surface area contributed by atoms with E-state index in [2.05, 4.69) is 24.8 Å². The summed E-state index contributed by atoms with van der Waals surface area (Å²) in [6.45, 7) is 7.77. The molecule has 0 saturated carbocycles. The van der Waals surface area contributed by atoms with Gasteiger partial charge < -0.3 is 4.90 Å². The van der Waals surface area contributed by atoms with Gasteiger partial charge in [0.25, 0.3) is 0 Å². The Labute approximate surface area is 78.9 Å². The maximum Gasteiger partial charge on any atom is 0.0635 e. The summed E-state index contributed by atoms with van der Waals surface area (Å²) >= 11 is 2.03. The van der Waals surface area contributed by atoms with Crippen LogP contribution in [-0.4, -0.2) is 35.0 Å². The average Bonchev–Trinajstić information content (AvgIpc) is 1.99. The molecule has 0 N–H and O–H groups in total. The van der Waals surface area contributed by atoms with Crippen molar-refractivity contribution in [2.24, 2.45) is 0 Å². The molecule has 0 amide bonds. The molecular weight excluding hydrogens is 168 g/mol. The third-order valence-electron chi connectivity index (χ3n) is 2.04. The van der Waals surface area contributed by atoms with Gasteiger partial charge in [0, 0.05) is 36.6 Å². The van der Waals surface area contributed by atoms with Gasteiger partial charge in [-0.25, -0.2) is 0 Å². The van der Waals surface area contributed by atoms with Gasteiger partial charge in [0.1, 0.15) is 0 Å². The highest BCUT2D eigenvalue weighted by atomic mass is 32.2. The molecule has 0 radical (unpaired) electrons. The van der Waals surface area contributed by atoms with E-state index < -0.39 is 0 Å². The first-order chi connectivity index (χ1) is 5.64. The van der Waals surface area contributed by atoms with Crippen LogP contribution in [0.2, 0.25) is 0 Å². The van der Waals surface area contributed by atoms with Gasteiger partial charge >= 0.3 is 0 Å². The Hall–Kier alpha value is -0.200. The Morgan fingerprint density at radius 3 is 2.92 bits per heavy atom. The molecule has 3 heteroatoms. The maximum atomic E-state index is 8.45. The van der Waals surface area contributed by atoms with E-state index >= 15 is 0 Å². The van der Waals surface area contributed by atoms with Gasteiger partial charge in [0.2, 0.25) is 0 Å². The van der Waals surface area contributed by atoms with Gasteiger partial charge in [0.05, 0.1) is 6.07 Å². The lowest BCUT2D eigenvalue weighted by molar-refractivity contribution is 0.266. The highest BCUT2D eigenvalue weighted by Gasteiger charge is 2.26. The van der Waals surface area contributed by atoms with Gasteiger partial charge in [-0.05, 0) is 13.8 Å². The molecule has 0 spiro atoms. The van der Waals surface area contributed by atoms with Crippen LogP contribution in [0.5, 0.6) is 0 Å². The molecule has 0 unspecified atom stereocenters. The van der Waals surface area contributed by atoms with Crippen molar-refractivity contribution < 1.29 is 0 Å². The van der Waals surface area contributed by atoms with Gasteiger partial charge in [-0.15, -0.1) is 0 Å². The molecule has 1 saturated heterocycles. The summed E-state index contributed by atoms with van der Waals surface area (Å²) < 4.78 is 0.383. The standard InChI is InChI=1S/C9H16N2S/c1-9(2)8-11(5-3-4-10)6-7-12-9/h3,5-8H2,1-2H3. The number of nitriles is 1. The Morgan fingerprint density at radius 1 is 1.58 bits per heavy atom. The van der Waals surface area contributed by atoms with E-state index in [0.717, 1.165) is 19.6 Å². The molecule has 0 aliphatic carbocycles. The molecule has 1 heterocycles. The lowest BCUT2D eigenvalue weighted by Gasteiger charge is -2.37. The number of nitrogens with zero attached hydrogens (tertiary/aromatic N) is 2. The third-order valence-corrected chi connectivity index (χ3v) is 3.34. The summed E-state index contributed by atoms with van der Waals surface area (Å²) in [6.07, 6.45) is 0.667. The van der Waals surface area contributed by atoms with E-state index in [4.69, 9.17) is 5.26 Å². The lowest BCUT2D eigenvalue weighted by atomic mass is 10.2. The van der Waals surface area contributed by atoms with E-state index in [0.29, 0.717) is 11.2 Å². The van der Waals surface area contributed by atoms with E-state index in [-0.39, 0.29) is 0 Å². The number of hydrogen-bond donors (Lipinski definition) is 0. The van der Waals surface area contributed by atoms with Crippen LogP contribution in [0.1, 0.15) is 20.3 Å². The Bertz CT molecular complexity index is 183. The van der Waals surface area contributed by atoms with Crippen molar-refractivity contribution >= 4 is 11.8 Å². The first kappa shape index (κ1) is 9.88. The van der Waals surface area contributed by atoms with Crippen molar-refractivity contribution in [3.63, 3.8) is 0 Å². The normalized spacial score (nSPS) is 23.4. The molecule has 0 atom stereocenters. The number of hydrogen-bond acceptors (Lipinski definition) is 3. The minimum absolute atomic E-state index is 0.383. The van der Waals surface area contributed by atoms with Crippen LogP contribution in [0, 0.1) is 11.3 Å². The van der Waals surface area contributed by atoms with Crippen LogP contribution in [0.25, 0.3) is 0 Å². The predicted molar refractivity (Wildman–Crippen MR) is 53.2 cm³/mol. The van der Waals surface area contributed by atoms with Crippen LogP contribution in [0.4, 0.5) is 0 Å². The first-order valence-electron chi connectivity index (χ1n) is 4.37. The van der Waals surface area contributed by atoms with Gasteiger partial charge in [-0.1, -0.05) is 0 Å². The molecule has 1 aliphatic rings. The van der Waals surface area contributed by atoms with Crippen molar-refractivity contribution in [3.8, 4) is 6.07 Å². The van der Waals surface area contributed by atoms with Crippen molar-refractivity contribution in [2.75, 3.05) is 25.4 Å². The molecule has 12 heavy (non-hydrogen) atoms. The van der Waals surface area contributed by atoms with Crippen LogP contribution in [-0.2, 0) is 0 Å². The predicted octanol–water partition coefficient (Wildman–Crippen LogP) is 1.73. The van der Waals surface area contributed by atoms with Crippen LogP contribution < -0.4 is 0 Å². The lowest BCUT2D eigenvalue weighted by Crippen LogP contribution is -2.43. The molecule has 0 aromatic rings. The second kappa shape index (κ2) is 4.15. The smallest absolute Gasteiger partial charge is 0.0635 e. The average molecular weight is 184 g/mol. The fourth-order valence-corrected chi connectivity index (χ4v) is 2.69. The molecule has 0 bridgehead atoms. The van der Waals surface area contributed by atoms with E-state index in [1.54, 1.807) is 0 Å². The molecule has 2 nitrogen and oxygen atoms in total. The molecule has 1 aliphatic heterocycles. The monoisotopic (exact) mass is 184 g/mol. The second-order valence-electron chi connectivity index (χ2n) is 3.79. The molecule has 1 rings (SSSR count). The first-order valence-corrected chi connectivity index (χ1v) is 5.36. The van der Waals surface area contributed by atoms with Crippen molar-refractivity contribution in [2.45, 2.75) is 25.0 Å². The maximum absolute atomic E-state index is 8.45. The molecule has 0 aromatic carbocycles. The number of thioether (sulfide) groups is 1. The zero-order chi connectivity index (χ0) is 9.03. The Kier molecular flexibility index (Phi) is 3.42. The third kappa shape index (κ3) is 3.04. The van der Waals surface area contributed by atoms with Crippen molar-refractivity contribution in [1.82, 2.24) is 4.90 Å². The summed E-state index contributed by atoms with van der Waals surface area (Å²) in [5, 5.41) is 8.45. The highest BCUT2D eigenvalue weighted by Crippen LogP contribution is 2.29. The quantitative estimate of drug-likeness (QED) is 0.654. The highest BCUT2D eigenvalue weighted by molar-refractivity contribution is 8.00. The summed E-state index contributed by atoms with van der Waals surface area (Å²) in [5.74, 6) is 1.21. The fraction of sp³-hybridized carbons (Fsp3) is 0.889. The topological polar surface area (TPSA) is 27.0 Å². The van der Waals surface area contributed by atoms with Gasteiger partial charge in [-0.3, -0.25) is 0 Å². The van der Waals surface area contributed by atoms with E-state index in [1.807, 2.05) is 11.8 Å². The summed E-state index contributed by atoms with van der Waals surface area (Å²) in [7, 11) is 0. The number of rotatable bonds is 2. The summed E-state index contributed by atoms with van der Waals surface area (Å²) in [4.78, 5) is 2.39. The SMILES string of the molecule is CC1(C)CN(CCC#N)CCS1. The molecule has 68 valence electrons. The molecule has 1 fully saturated rings. The van der Waals surface area contributed by atoms with Crippen LogP contribution in [0.15, 0.2) is 0 Å². The Balaban J connectivity index is 2.32. The van der Waals surface area contributed by atoms with Gasteiger partial charge in [-0.2, -0.15) is 17.0 Å². The van der Waals surface area contributed by atoms with Crippen LogP contribution in [0.3, 0.4) is 0 Å². The molecule has 0 aromatic heterocycles. The van der Waals surface area contributed by atoms with E-state index in [1.165, 1.54) is 5.75 Å². The summed E-state index contributed by atoms with van der Waals surface area (Å²) in [6, 6.07) is 2.19. The summed E-state index contributed by atoms with van der Waals surface area (Å²) in [5.41, 5.74) is 0. The Morgan fingerprint density at radius 2 is 2.33 bits per heavy atom. The second-order valence-corrected chi connectivity index (χ2v) is 5.59. The fourth-order valence-electron chi connectivity index (χ4n) is 1.51. The van der Waals surface area contributed by atoms with Crippen molar-refractivity contribution in [3.05, 3.63) is 0 Å². The largest absolute Gasteiger partial charge is 0.300 e. The zero-order valence-corrected chi connectivity index (χ0v) is 8.65. The minimum Gasteiger partial charge on any atom is -0.300 e. The van der Waals surface area contributed by atoms with Crippen molar-refractivity contribution in [1.29, 1.82) is 5.26 Å². The van der Waals surface area contributed by atoms with E-state index in [9.17, 15) is 0 Å². The zero-order valence-electron chi connectivity index (χ0n) is 7.84. The molecular formula is C9H16N2S. The van der Waals surface area contributed by atoms with Gasteiger partial charge in [0.15, 0.2) is 0 Å².